The summed E-state index contributed by atoms with van der Waals surface area (Å²) in [5.74, 6) is 0.375. The smallest absolute Gasteiger partial charge is 0.347 e. The summed E-state index contributed by atoms with van der Waals surface area (Å²) in [6.07, 6.45) is 0. The Kier molecular flexibility index (Phi) is 5.96. The fourth-order valence-corrected chi connectivity index (χ4v) is 3.13. The van der Waals surface area contributed by atoms with Gasteiger partial charge in [-0.15, -0.1) is 0 Å². The Morgan fingerprint density at radius 1 is 1.04 bits per heavy atom. The van der Waals surface area contributed by atoms with Gasteiger partial charge in [-0.25, -0.2) is 4.79 Å². The monoisotopic (exact) mass is 430 g/mol. The lowest BCUT2D eigenvalue weighted by Gasteiger charge is -2.15. The molecule has 0 amide bonds. The van der Waals surface area contributed by atoms with Crippen LogP contribution in [0.3, 0.4) is 0 Å². The van der Waals surface area contributed by atoms with Crippen LogP contribution >= 0.6 is 27.5 Å². The molecular formula is C21H16BrClO3. The van der Waals surface area contributed by atoms with Crippen LogP contribution in [0.5, 0.6) is 11.5 Å². The second-order valence-electron chi connectivity index (χ2n) is 5.65. The molecule has 5 heteroatoms. The lowest BCUT2D eigenvalue weighted by atomic mass is 10.1. The summed E-state index contributed by atoms with van der Waals surface area (Å²) < 4.78 is 12.0. The second-order valence-corrected chi connectivity index (χ2v) is 6.88. The Balaban J connectivity index is 1.91. The zero-order valence-electron chi connectivity index (χ0n) is 14.0. The Bertz CT molecular complexity index is 912. The minimum Gasteiger partial charge on any atom is -0.488 e. The van der Waals surface area contributed by atoms with E-state index in [0.717, 1.165) is 5.56 Å². The van der Waals surface area contributed by atoms with Gasteiger partial charge in [0.15, 0.2) is 0 Å². The molecule has 0 saturated carbocycles. The lowest BCUT2D eigenvalue weighted by Crippen LogP contribution is -2.13. The third kappa shape index (κ3) is 4.26. The van der Waals surface area contributed by atoms with Crippen molar-refractivity contribution in [2.24, 2.45) is 0 Å². The van der Waals surface area contributed by atoms with Crippen LogP contribution in [-0.2, 0) is 6.61 Å². The minimum atomic E-state index is -0.508. The first-order valence-corrected chi connectivity index (χ1v) is 9.16. The summed E-state index contributed by atoms with van der Waals surface area (Å²) >= 11 is 9.72. The Morgan fingerprint density at radius 3 is 2.31 bits per heavy atom. The molecule has 0 N–H and O–H groups in total. The van der Waals surface area contributed by atoms with Crippen molar-refractivity contribution in [2.45, 2.75) is 13.5 Å². The van der Waals surface area contributed by atoms with Gasteiger partial charge in [-0.1, -0.05) is 60.1 Å². The van der Waals surface area contributed by atoms with Crippen molar-refractivity contribution >= 4 is 33.5 Å². The summed E-state index contributed by atoms with van der Waals surface area (Å²) in [5.41, 5.74) is 1.92. The summed E-state index contributed by atoms with van der Waals surface area (Å²) in [7, 11) is 0. The van der Waals surface area contributed by atoms with E-state index in [1.165, 1.54) is 0 Å². The van der Waals surface area contributed by atoms with Crippen LogP contribution in [-0.4, -0.2) is 5.97 Å². The summed E-state index contributed by atoms with van der Waals surface area (Å²) in [5, 5.41) is 0.456. The van der Waals surface area contributed by atoms with Gasteiger partial charge in [0.1, 0.15) is 23.7 Å². The average molecular weight is 432 g/mol. The summed E-state index contributed by atoms with van der Waals surface area (Å²) in [6, 6.07) is 20.3. The molecule has 0 spiro atoms. The van der Waals surface area contributed by atoms with Crippen molar-refractivity contribution in [3.63, 3.8) is 0 Å². The molecule has 3 aromatic carbocycles. The molecule has 0 atom stereocenters. The predicted molar refractivity (Wildman–Crippen MR) is 106 cm³/mol. The van der Waals surface area contributed by atoms with Crippen molar-refractivity contribution in [3.05, 3.63) is 92.9 Å². The fourth-order valence-electron chi connectivity index (χ4n) is 2.47. The van der Waals surface area contributed by atoms with Crippen molar-refractivity contribution in [3.8, 4) is 11.5 Å². The van der Waals surface area contributed by atoms with Crippen LogP contribution in [0.1, 0.15) is 21.5 Å². The van der Waals surface area contributed by atoms with Gasteiger partial charge >= 0.3 is 5.97 Å². The van der Waals surface area contributed by atoms with Crippen molar-refractivity contribution in [1.82, 2.24) is 0 Å². The van der Waals surface area contributed by atoms with Crippen LogP contribution in [0.15, 0.2) is 71.2 Å². The van der Waals surface area contributed by atoms with Gasteiger partial charge in [0, 0.05) is 4.47 Å². The molecule has 3 rings (SSSR count). The molecule has 0 unspecified atom stereocenters. The standard InChI is InChI=1S/C21H16BrClO3/c1-14-19(21(24)26-16-10-6-3-7-11-16)18(12-17(22)20(14)23)25-13-15-8-4-2-5-9-15/h2-12H,13H2,1H3. The highest BCUT2D eigenvalue weighted by atomic mass is 79.9. The molecule has 0 aromatic heterocycles. The van der Waals surface area contributed by atoms with Crippen LogP contribution in [0.25, 0.3) is 0 Å². The summed E-state index contributed by atoms with van der Waals surface area (Å²) in [4.78, 5) is 12.8. The molecule has 0 saturated heterocycles. The number of benzene rings is 3. The number of rotatable bonds is 5. The largest absolute Gasteiger partial charge is 0.488 e. The van der Waals surface area contributed by atoms with E-state index in [0.29, 0.717) is 38.7 Å². The van der Waals surface area contributed by atoms with Crippen LogP contribution in [0.4, 0.5) is 0 Å². The molecule has 0 aliphatic rings. The van der Waals surface area contributed by atoms with Gasteiger partial charge in [0.05, 0.1) is 5.02 Å². The van der Waals surface area contributed by atoms with E-state index < -0.39 is 5.97 Å². The van der Waals surface area contributed by atoms with E-state index in [1.54, 1.807) is 37.3 Å². The number of carbonyl (C=O) groups excluding carboxylic acids is 1. The maximum atomic E-state index is 12.8. The highest BCUT2D eigenvalue weighted by molar-refractivity contribution is 9.10. The Hall–Kier alpha value is -2.30. The molecule has 0 aliphatic carbocycles. The molecule has 0 aliphatic heterocycles. The second kappa shape index (κ2) is 8.39. The van der Waals surface area contributed by atoms with E-state index in [2.05, 4.69) is 15.9 Å². The van der Waals surface area contributed by atoms with E-state index >= 15 is 0 Å². The predicted octanol–water partition coefficient (Wildman–Crippen LogP) is 6.21. The SMILES string of the molecule is Cc1c(Cl)c(Br)cc(OCc2ccccc2)c1C(=O)Oc1ccccc1. The first-order chi connectivity index (χ1) is 12.6. The topological polar surface area (TPSA) is 35.5 Å². The van der Waals surface area contributed by atoms with Crippen molar-refractivity contribution in [2.75, 3.05) is 0 Å². The van der Waals surface area contributed by atoms with Gasteiger partial charge in [0.2, 0.25) is 0 Å². The number of para-hydroxylation sites is 1. The highest BCUT2D eigenvalue weighted by Gasteiger charge is 2.22. The minimum absolute atomic E-state index is 0.318. The summed E-state index contributed by atoms with van der Waals surface area (Å²) in [6.45, 7) is 2.10. The first kappa shape index (κ1) is 18.5. The lowest BCUT2D eigenvalue weighted by molar-refractivity contribution is 0.0729. The molecule has 0 radical (unpaired) electrons. The molecule has 132 valence electrons. The van der Waals surface area contributed by atoms with E-state index in [1.807, 2.05) is 36.4 Å². The molecule has 3 aromatic rings. The maximum Gasteiger partial charge on any atom is 0.347 e. The van der Waals surface area contributed by atoms with Crippen molar-refractivity contribution in [1.29, 1.82) is 0 Å². The zero-order valence-corrected chi connectivity index (χ0v) is 16.4. The quantitative estimate of drug-likeness (QED) is 0.356. The van der Waals surface area contributed by atoms with Crippen molar-refractivity contribution < 1.29 is 14.3 Å². The third-order valence-electron chi connectivity index (χ3n) is 3.81. The molecular weight excluding hydrogens is 416 g/mol. The number of halogens is 2. The molecule has 0 fully saturated rings. The number of carbonyl (C=O) groups is 1. The van der Waals surface area contributed by atoms with E-state index in [4.69, 9.17) is 21.1 Å². The van der Waals surface area contributed by atoms with Crippen LogP contribution in [0.2, 0.25) is 5.02 Å². The molecule has 26 heavy (non-hydrogen) atoms. The number of hydrogen-bond donors (Lipinski definition) is 0. The average Bonchev–Trinajstić information content (AvgIpc) is 2.66. The van der Waals surface area contributed by atoms with Gasteiger partial charge in [0.25, 0.3) is 0 Å². The molecule has 0 bridgehead atoms. The van der Waals surface area contributed by atoms with Gasteiger partial charge in [-0.2, -0.15) is 0 Å². The van der Waals surface area contributed by atoms with Gasteiger partial charge < -0.3 is 9.47 Å². The van der Waals surface area contributed by atoms with Gasteiger partial charge in [-0.05, 0) is 52.2 Å². The van der Waals surface area contributed by atoms with E-state index in [9.17, 15) is 4.79 Å². The number of hydrogen-bond acceptors (Lipinski definition) is 3. The molecule has 3 nitrogen and oxygen atoms in total. The number of ether oxygens (including phenoxy) is 2. The van der Waals surface area contributed by atoms with Crippen LogP contribution < -0.4 is 9.47 Å². The zero-order chi connectivity index (χ0) is 18.5. The first-order valence-electron chi connectivity index (χ1n) is 7.99. The highest BCUT2D eigenvalue weighted by Crippen LogP contribution is 2.36. The van der Waals surface area contributed by atoms with E-state index in [-0.39, 0.29) is 0 Å². The number of esters is 1. The maximum absolute atomic E-state index is 12.8. The fraction of sp³-hybridized carbons (Fsp3) is 0.0952. The Labute approximate surface area is 165 Å². The van der Waals surface area contributed by atoms with Crippen LogP contribution in [0, 0.1) is 6.92 Å². The molecule has 0 heterocycles. The normalized spacial score (nSPS) is 10.4. The van der Waals surface area contributed by atoms with Gasteiger partial charge in [-0.3, -0.25) is 0 Å². The Morgan fingerprint density at radius 2 is 1.65 bits per heavy atom. The third-order valence-corrected chi connectivity index (χ3v) is 5.15.